The van der Waals surface area contributed by atoms with Crippen LogP contribution in [0.5, 0.6) is 0 Å². The lowest BCUT2D eigenvalue weighted by Gasteiger charge is -2.20. The average molecular weight is 320 g/mol. The van der Waals surface area contributed by atoms with Gasteiger partial charge in [0.15, 0.2) is 0 Å². The van der Waals surface area contributed by atoms with Gasteiger partial charge in [-0.2, -0.15) is 0 Å². The Bertz CT molecular complexity index is 564. The predicted octanol–water partition coefficient (Wildman–Crippen LogP) is 1.96. The molecule has 6 heteroatoms. The third-order valence-corrected chi connectivity index (χ3v) is 3.75. The molecule has 1 rings (SSSR count). The van der Waals surface area contributed by atoms with E-state index in [1.807, 2.05) is 13.8 Å². The lowest BCUT2D eigenvalue weighted by Crippen LogP contribution is -2.33. The first kappa shape index (κ1) is 18.7. The number of hydrogen-bond acceptors (Lipinski definition) is 3. The van der Waals surface area contributed by atoms with Gasteiger partial charge in [0.2, 0.25) is 0 Å². The fourth-order valence-corrected chi connectivity index (χ4v) is 2.24. The van der Waals surface area contributed by atoms with E-state index >= 15 is 0 Å². The number of carbonyl (C=O) groups excluding carboxylic acids is 2. The first-order chi connectivity index (χ1) is 10.8. The molecule has 0 aromatic heterocycles. The van der Waals surface area contributed by atoms with Gasteiger partial charge in [0.05, 0.1) is 5.92 Å². The van der Waals surface area contributed by atoms with Crippen molar-refractivity contribution < 1.29 is 19.5 Å². The highest BCUT2D eigenvalue weighted by molar-refractivity contribution is 5.97. The maximum atomic E-state index is 12.3. The molecule has 23 heavy (non-hydrogen) atoms. The number of aliphatic carboxylic acids is 1. The van der Waals surface area contributed by atoms with E-state index in [-0.39, 0.29) is 18.4 Å². The van der Waals surface area contributed by atoms with Gasteiger partial charge in [0.25, 0.3) is 11.8 Å². The van der Waals surface area contributed by atoms with Gasteiger partial charge < -0.3 is 14.9 Å². The van der Waals surface area contributed by atoms with Crippen molar-refractivity contribution in [3.05, 3.63) is 35.4 Å². The number of carbonyl (C=O) groups is 3. The van der Waals surface area contributed by atoms with E-state index < -0.39 is 11.9 Å². The Morgan fingerprint density at radius 3 is 1.83 bits per heavy atom. The Morgan fingerprint density at radius 1 is 1.00 bits per heavy atom. The van der Waals surface area contributed by atoms with Crippen molar-refractivity contribution in [2.45, 2.75) is 20.8 Å². The molecule has 1 aromatic carbocycles. The Balaban J connectivity index is 2.81. The highest BCUT2D eigenvalue weighted by Gasteiger charge is 2.19. The van der Waals surface area contributed by atoms with Crippen LogP contribution in [0.2, 0.25) is 0 Å². The summed E-state index contributed by atoms with van der Waals surface area (Å²) < 4.78 is 0. The molecule has 0 saturated carbocycles. The molecular weight excluding hydrogens is 296 g/mol. The monoisotopic (exact) mass is 320 g/mol. The molecule has 0 fully saturated rings. The van der Waals surface area contributed by atoms with Gasteiger partial charge in [0.1, 0.15) is 0 Å². The summed E-state index contributed by atoms with van der Waals surface area (Å²) in [7, 11) is 1.57. The van der Waals surface area contributed by atoms with Crippen LogP contribution in [0.25, 0.3) is 0 Å². The largest absolute Gasteiger partial charge is 0.481 e. The highest BCUT2D eigenvalue weighted by atomic mass is 16.4. The molecule has 0 aliphatic rings. The van der Waals surface area contributed by atoms with Gasteiger partial charge in [-0.05, 0) is 38.1 Å². The zero-order valence-electron chi connectivity index (χ0n) is 14.1. The van der Waals surface area contributed by atoms with E-state index in [2.05, 4.69) is 0 Å². The van der Waals surface area contributed by atoms with E-state index in [9.17, 15) is 14.4 Å². The van der Waals surface area contributed by atoms with Gasteiger partial charge in [-0.25, -0.2) is 0 Å². The van der Waals surface area contributed by atoms with E-state index in [1.54, 1.807) is 43.1 Å². The minimum absolute atomic E-state index is 0.0677. The zero-order valence-corrected chi connectivity index (χ0v) is 14.1. The third kappa shape index (κ3) is 4.81. The van der Waals surface area contributed by atoms with Crippen LogP contribution < -0.4 is 0 Å². The normalized spacial score (nSPS) is 11.7. The molecule has 0 bridgehead atoms. The van der Waals surface area contributed by atoms with Crippen LogP contribution in [0.3, 0.4) is 0 Å². The summed E-state index contributed by atoms with van der Waals surface area (Å²) in [5.74, 6) is -1.90. The zero-order chi connectivity index (χ0) is 17.6. The van der Waals surface area contributed by atoms with Crippen LogP contribution in [0, 0.1) is 5.92 Å². The number of carboxylic acid groups (broad SMARTS) is 1. The summed E-state index contributed by atoms with van der Waals surface area (Å²) >= 11 is 0. The lowest BCUT2D eigenvalue weighted by molar-refractivity contribution is -0.141. The smallest absolute Gasteiger partial charge is 0.308 e. The number of amides is 2. The molecule has 126 valence electrons. The second-order valence-corrected chi connectivity index (χ2v) is 5.48. The fraction of sp³-hybridized carbons (Fsp3) is 0.471. The quantitative estimate of drug-likeness (QED) is 0.833. The van der Waals surface area contributed by atoms with Crippen LogP contribution >= 0.6 is 0 Å². The van der Waals surface area contributed by atoms with E-state index in [4.69, 9.17) is 5.11 Å². The highest BCUT2D eigenvalue weighted by Crippen LogP contribution is 2.11. The number of hydrogen-bond donors (Lipinski definition) is 1. The van der Waals surface area contributed by atoms with Crippen molar-refractivity contribution in [1.29, 1.82) is 0 Å². The predicted molar refractivity (Wildman–Crippen MR) is 87.5 cm³/mol. The van der Waals surface area contributed by atoms with Crippen LogP contribution in [-0.4, -0.2) is 59.4 Å². The minimum Gasteiger partial charge on any atom is -0.481 e. The molecule has 1 atom stereocenters. The number of rotatable bonds is 7. The Labute approximate surface area is 136 Å². The van der Waals surface area contributed by atoms with Crippen LogP contribution in [0.4, 0.5) is 0 Å². The average Bonchev–Trinajstić information content (AvgIpc) is 2.55. The minimum atomic E-state index is -0.940. The maximum Gasteiger partial charge on any atom is 0.308 e. The summed E-state index contributed by atoms with van der Waals surface area (Å²) in [6.45, 7) is 6.78. The molecule has 0 saturated heterocycles. The number of nitrogens with zero attached hydrogens (tertiary/aromatic N) is 2. The molecule has 1 unspecified atom stereocenters. The number of carboxylic acids is 1. The number of benzene rings is 1. The standard InChI is InChI=1S/C17H24N2O4/c1-5-19(6-2)16(21)14-9-7-13(8-10-14)15(20)18(4)11-12(3)17(22)23/h7-10,12H,5-6,11H2,1-4H3,(H,22,23). The van der Waals surface area contributed by atoms with Crippen molar-refractivity contribution >= 4 is 17.8 Å². The van der Waals surface area contributed by atoms with Crippen molar-refractivity contribution in [3.8, 4) is 0 Å². The summed E-state index contributed by atoms with van der Waals surface area (Å²) in [5.41, 5.74) is 0.966. The third-order valence-electron chi connectivity index (χ3n) is 3.75. The van der Waals surface area contributed by atoms with Crippen molar-refractivity contribution in [2.24, 2.45) is 5.92 Å². The summed E-state index contributed by atoms with van der Waals surface area (Å²) in [4.78, 5) is 38.4. The van der Waals surface area contributed by atoms with Crippen molar-refractivity contribution in [3.63, 3.8) is 0 Å². The molecule has 1 aromatic rings. The molecule has 0 spiro atoms. The SMILES string of the molecule is CCN(CC)C(=O)c1ccc(C(=O)N(C)CC(C)C(=O)O)cc1. The molecule has 0 aliphatic carbocycles. The van der Waals surface area contributed by atoms with Crippen LogP contribution in [-0.2, 0) is 4.79 Å². The second-order valence-electron chi connectivity index (χ2n) is 5.48. The van der Waals surface area contributed by atoms with Gasteiger partial charge >= 0.3 is 5.97 Å². The summed E-state index contributed by atoms with van der Waals surface area (Å²) in [6.07, 6.45) is 0. The molecule has 6 nitrogen and oxygen atoms in total. The maximum absolute atomic E-state index is 12.3. The van der Waals surface area contributed by atoms with E-state index in [1.165, 1.54) is 4.90 Å². The van der Waals surface area contributed by atoms with Crippen molar-refractivity contribution in [1.82, 2.24) is 9.80 Å². The van der Waals surface area contributed by atoms with Crippen LogP contribution in [0.15, 0.2) is 24.3 Å². The van der Waals surface area contributed by atoms with Crippen molar-refractivity contribution in [2.75, 3.05) is 26.7 Å². The first-order valence-electron chi connectivity index (χ1n) is 7.69. The molecule has 2 amide bonds. The molecular formula is C17H24N2O4. The van der Waals surface area contributed by atoms with Gasteiger partial charge in [-0.1, -0.05) is 6.92 Å². The second kappa shape index (κ2) is 8.31. The van der Waals surface area contributed by atoms with Gasteiger partial charge in [-0.15, -0.1) is 0 Å². The molecule has 0 radical (unpaired) electrons. The Morgan fingerprint density at radius 2 is 1.43 bits per heavy atom. The molecule has 1 N–H and O–H groups in total. The summed E-state index contributed by atoms with van der Waals surface area (Å²) in [5, 5.41) is 8.90. The lowest BCUT2D eigenvalue weighted by atomic mass is 10.1. The van der Waals surface area contributed by atoms with Gasteiger partial charge in [0, 0.05) is 37.8 Å². The Kier molecular flexibility index (Phi) is 6.75. The van der Waals surface area contributed by atoms with Crippen LogP contribution in [0.1, 0.15) is 41.5 Å². The first-order valence-corrected chi connectivity index (χ1v) is 7.69. The summed E-state index contributed by atoms with van der Waals surface area (Å²) in [6, 6.07) is 6.45. The van der Waals surface area contributed by atoms with E-state index in [0.717, 1.165) is 0 Å². The Hall–Kier alpha value is -2.37. The molecule has 0 heterocycles. The molecule has 0 aliphatic heterocycles. The van der Waals surface area contributed by atoms with Gasteiger partial charge in [-0.3, -0.25) is 14.4 Å². The van der Waals surface area contributed by atoms with E-state index in [0.29, 0.717) is 24.2 Å². The topological polar surface area (TPSA) is 77.9 Å². The fourth-order valence-electron chi connectivity index (χ4n) is 2.24.